The van der Waals surface area contributed by atoms with Crippen LogP contribution in [0.25, 0.3) is 0 Å². The molecule has 0 aromatic heterocycles. The van der Waals surface area contributed by atoms with Gasteiger partial charge in [-0.3, -0.25) is 4.79 Å². The van der Waals surface area contributed by atoms with Crippen molar-refractivity contribution in [2.75, 3.05) is 12.3 Å². The Labute approximate surface area is 130 Å². The monoisotopic (exact) mass is 330 g/mol. The maximum absolute atomic E-state index is 12.2. The molecule has 1 fully saturated rings. The van der Waals surface area contributed by atoms with E-state index in [4.69, 9.17) is 11.6 Å². The summed E-state index contributed by atoms with van der Waals surface area (Å²) in [7, 11) is -3.40. The van der Waals surface area contributed by atoms with Gasteiger partial charge < -0.3 is 10.6 Å². The number of sulfone groups is 1. The molecule has 1 aromatic rings. The van der Waals surface area contributed by atoms with Crippen LogP contribution in [0, 0.1) is 0 Å². The zero-order valence-corrected chi connectivity index (χ0v) is 13.4. The predicted molar refractivity (Wildman–Crippen MR) is 82.1 cm³/mol. The van der Waals surface area contributed by atoms with Crippen molar-refractivity contribution in [1.29, 1.82) is 0 Å². The van der Waals surface area contributed by atoms with Crippen LogP contribution in [0.5, 0.6) is 0 Å². The van der Waals surface area contributed by atoms with Crippen LogP contribution in [0.1, 0.15) is 25.3 Å². The number of hydrogen-bond donors (Lipinski definition) is 2. The van der Waals surface area contributed by atoms with Crippen molar-refractivity contribution in [2.45, 2.75) is 37.2 Å². The molecular weight excluding hydrogens is 312 g/mol. The molecule has 1 heterocycles. The fraction of sp³-hybridized carbons (Fsp3) is 0.500. The normalized spacial score (nSPS) is 19.3. The van der Waals surface area contributed by atoms with Crippen molar-refractivity contribution in [1.82, 2.24) is 10.6 Å². The molecule has 2 rings (SSSR count). The van der Waals surface area contributed by atoms with Crippen LogP contribution in [-0.4, -0.2) is 32.7 Å². The Bertz CT molecular complexity index is 631. The van der Waals surface area contributed by atoms with E-state index in [9.17, 15) is 13.2 Å². The predicted octanol–water partition coefficient (Wildman–Crippen LogP) is 1.50. The topological polar surface area (TPSA) is 75.3 Å². The SMILES string of the molecule is CCS(=O)(=O)c1c(Cl)cccc1CN[C@H]1CCCNC1=O. The third-order valence-corrected chi connectivity index (χ3v) is 5.85. The summed E-state index contributed by atoms with van der Waals surface area (Å²) in [6, 6.07) is 4.73. The summed E-state index contributed by atoms with van der Waals surface area (Å²) in [5.74, 6) is -0.0450. The molecule has 116 valence electrons. The van der Waals surface area contributed by atoms with Gasteiger partial charge in [-0.05, 0) is 24.5 Å². The van der Waals surface area contributed by atoms with Crippen molar-refractivity contribution >= 4 is 27.3 Å². The fourth-order valence-corrected chi connectivity index (χ4v) is 4.13. The minimum absolute atomic E-state index is 0.00630. The van der Waals surface area contributed by atoms with Crippen LogP contribution in [0.4, 0.5) is 0 Å². The Hall–Kier alpha value is -1.11. The van der Waals surface area contributed by atoms with E-state index in [0.717, 1.165) is 12.8 Å². The van der Waals surface area contributed by atoms with E-state index in [1.807, 2.05) is 0 Å². The highest BCUT2D eigenvalue weighted by molar-refractivity contribution is 7.91. The molecule has 5 nitrogen and oxygen atoms in total. The zero-order chi connectivity index (χ0) is 15.5. The van der Waals surface area contributed by atoms with E-state index in [1.165, 1.54) is 0 Å². The molecule has 0 unspecified atom stereocenters. The smallest absolute Gasteiger partial charge is 0.237 e. The van der Waals surface area contributed by atoms with Gasteiger partial charge in [0.05, 0.1) is 21.7 Å². The largest absolute Gasteiger partial charge is 0.355 e. The summed E-state index contributed by atoms with van der Waals surface area (Å²) >= 11 is 6.06. The van der Waals surface area contributed by atoms with Gasteiger partial charge in [0.25, 0.3) is 0 Å². The van der Waals surface area contributed by atoms with E-state index in [1.54, 1.807) is 25.1 Å². The van der Waals surface area contributed by atoms with Gasteiger partial charge in [-0.1, -0.05) is 30.7 Å². The van der Waals surface area contributed by atoms with Crippen molar-refractivity contribution in [3.8, 4) is 0 Å². The molecule has 1 amide bonds. The first-order valence-corrected chi connectivity index (χ1v) is 9.00. The number of amides is 1. The lowest BCUT2D eigenvalue weighted by molar-refractivity contribution is -0.124. The highest BCUT2D eigenvalue weighted by Gasteiger charge is 2.24. The molecule has 0 saturated carbocycles. The van der Waals surface area contributed by atoms with Crippen LogP contribution in [0.2, 0.25) is 5.02 Å². The summed E-state index contributed by atoms with van der Waals surface area (Å²) in [5, 5.41) is 6.13. The second-order valence-corrected chi connectivity index (χ2v) is 7.62. The molecule has 21 heavy (non-hydrogen) atoms. The number of benzene rings is 1. The van der Waals surface area contributed by atoms with E-state index < -0.39 is 9.84 Å². The van der Waals surface area contributed by atoms with Crippen LogP contribution < -0.4 is 10.6 Å². The fourth-order valence-electron chi connectivity index (χ4n) is 2.39. The number of rotatable bonds is 5. The molecule has 0 bridgehead atoms. The average molecular weight is 331 g/mol. The summed E-state index contributed by atoms with van der Waals surface area (Å²) in [4.78, 5) is 11.9. The lowest BCUT2D eigenvalue weighted by Gasteiger charge is -2.23. The maximum Gasteiger partial charge on any atom is 0.237 e. The highest BCUT2D eigenvalue weighted by atomic mass is 35.5. The van der Waals surface area contributed by atoms with Crippen molar-refractivity contribution in [2.24, 2.45) is 0 Å². The van der Waals surface area contributed by atoms with E-state index in [0.29, 0.717) is 18.7 Å². The number of piperidine rings is 1. The number of hydrogen-bond acceptors (Lipinski definition) is 4. The molecule has 0 spiro atoms. The van der Waals surface area contributed by atoms with Gasteiger partial charge >= 0.3 is 0 Å². The maximum atomic E-state index is 12.2. The second kappa shape index (κ2) is 6.77. The molecule has 1 aromatic carbocycles. The van der Waals surface area contributed by atoms with Crippen molar-refractivity contribution < 1.29 is 13.2 Å². The van der Waals surface area contributed by atoms with Gasteiger partial charge in [0, 0.05) is 13.1 Å². The van der Waals surface area contributed by atoms with Gasteiger partial charge in [0.15, 0.2) is 9.84 Å². The summed E-state index contributed by atoms with van der Waals surface area (Å²) < 4.78 is 24.3. The molecule has 0 radical (unpaired) electrons. The number of halogens is 1. The first-order chi connectivity index (χ1) is 9.95. The molecule has 1 aliphatic heterocycles. The van der Waals surface area contributed by atoms with Crippen LogP contribution in [0.15, 0.2) is 23.1 Å². The minimum atomic E-state index is -3.40. The molecule has 7 heteroatoms. The van der Waals surface area contributed by atoms with Gasteiger partial charge in [0.2, 0.25) is 5.91 Å². The first-order valence-electron chi connectivity index (χ1n) is 6.97. The van der Waals surface area contributed by atoms with E-state index >= 15 is 0 Å². The van der Waals surface area contributed by atoms with Crippen molar-refractivity contribution in [3.63, 3.8) is 0 Å². The van der Waals surface area contributed by atoms with Crippen LogP contribution in [-0.2, 0) is 21.2 Å². The Morgan fingerprint density at radius 3 is 2.86 bits per heavy atom. The Morgan fingerprint density at radius 2 is 2.19 bits per heavy atom. The second-order valence-electron chi connectivity index (χ2n) is 5.00. The van der Waals surface area contributed by atoms with E-state index in [2.05, 4.69) is 10.6 Å². The Balaban J connectivity index is 2.21. The lowest BCUT2D eigenvalue weighted by atomic mass is 10.1. The molecule has 1 aliphatic rings. The summed E-state index contributed by atoms with van der Waals surface area (Å²) in [6.07, 6.45) is 1.67. The van der Waals surface area contributed by atoms with E-state index in [-0.39, 0.29) is 27.6 Å². The quantitative estimate of drug-likeness (QED) is 0.858. The third-order valence-electron chi connectivity index (χ3n) is 3.56. The lowest BCUT2D eigenvalue weighted by Crippen LogP contribution is -2.48. The highest BCUT2D eigenvalue weighted by Crippen LogP contribution is 2.26. The Morgan fingerprint density at radius 1 is 1.43 bits per heavy atom. The van der Waals surface area contributed by atoms with Gasteiger partial charge in [-0.2, -0.15) is 0 Å². The van der Waals surface area contributed by atoms with Gasteiger partial charge in [-0.15, -0.1) is 0 Å². The molecule has 1 atom stereocenters. The van der Waals surface area contributed by atoms with Gasteiger partial charge in [0.1, 0.15) is 0 Å². The summed E-state index contributed by atoms with van der Waals surface area (Å²) in [5.41, 5.74) is 0.600. The van der Waals surface area contributed by atoms with Crippen molar-refractivity contribution in [3.05, 3.63) is 28.8 Å². The first kappa shape index (κ1) is 16.3. The number of nitrogens with one attached hydrogen (secondary N) is 2. The molecule has 1 saturated heterocycles. The zero-order valence-electron chi connectivity index (χ0n) is 11.9. The molecule has 2 N–H and O–H groups in total. The van der Waals surface area contributed by atoms with Crippen LogP contribution >= 0.6 is 11.6 Å². The molecular formula is C14H19ClN2O3S. The standard InChI is InChI=1S/C14H19ClN2O3S/c1-2-21(19,20)13-10(5-3-6-11(13)15)9-17-12-7-4-8-16-14(12)18/h3,5-6,12,17H,2,4,7-9H2,1H3,(H,16,18)/t12-/m0/s1. The summed E-state index contributed by atoms with van der Waals surface area (Å²) in [6.45, 7) is 2.58. The minimum Gasteiger partial charge on any atom is -0.355 e. The van der Waals surface area contributed by atoms with Gasteiger partial charge in [-0.25, -0.2) is 8.42 Å². The Kier molecular flexibility index (Phi) is 5.24. The molecule has 0 aliphatic carbocycles. The number of carbonyl (C=O) groups excluding carboxylic acids is 1. The van der Waals surface area contributed by atoms with Crippen LogP contribution in [0.3, 0.4) is 0 Å². The average Bonchev–Trinajstić information content (AvgIpc) is 2.46. The number of carbonyl (C=O) groups is 1. The third kappa shape index (κ3) is 3.75.